The van der Waals surface area contributed by atoms with E-state index in [1.54, 1.807) is 17.0 Å². The summed E-state index contributed by atoms with van der Waals surface area (Å²) in [5, 5.41) is 10.8. The third kappa shape index (κ3) is 4.47. The molecule has 3 rings (SSSR count). The number of aromatic carboxylic acids is 1. The smallest absolute Gasteiger partial charge is 0.0949 e. The normalized spacial score (nSPS) is 20.6. The van der Waals surface area contributed by atoms with Gasteiger partial charge in [-0.15, -0.1) is 0 Å². The Morgan fingerprint density at radius 2 is 1.74 bits per heavy atom. The quantitative estimate of drug-likeness (QED) is 0.871. The highest BCUT2D eigenvalue weighted by Gasteiger charge is 2.22. The van der Waals surface area contributed by atoms with Crippen LogP contribution in [0.5, 0.6) is 0 Å². The van der Waals surface area contributed by atoms with E-state index in [9.17, 15) is 9.90 Å². The van der Waals surface area contributed by atoms with E-state index in [1.165, 1.54) is 58.2 Å². The van der Waals surface area contributed by atoms with Gasteiger partial charge in [0.2, 0.25) is 0 Å². The highest BCUT2D eigenvalue weighted by Crippen LogP contribution is 2.25. The predicted molar refractivity (Wildman–Crippen MR) is 89.7 cm³/mol. The Morgan fingerprint density at radius 1 is 1.09 bits per heavy atom. The van der Waals surface area contributed by atoms with Crippen LogP contribution in [0, 0.1) is 5.92 Å². The van der Waals surface area contributed by atoms with Gasteiger partial charge in [0.25, 0.3) is 0 Å². The molecule has 4 heteroatoms. The number of anilines is 1. The number of carbonyl (C=O) groups is 1. The summed E-state index contributed by atoms with van der Waals surface area (Å²) in [7, 11) is 0. The number of carboxylic acid groups (broad SMARTS) is 1. The molecule has 2 fully saturated rings. The zero-order valence-corrected chi connectivity index (χ0v) is 13.9. The van der Waals surface area contributed by atoms with Gasteiger partial charge in [0.05, 0.1) is 38.7 Å². The third-order valence-electron chi connectivity index (χ3n) is 5.57. The van der Waals surface area contributed by atoms with Crippen molar-refractivity contribution in [3.63, 3.8) is 0 Å². The number of carbonyl (C=O) groups excluding carboxylic acids is 1. The maximum absolute atomic E-state index is 10.8. The molecule has 23 heavy (non-hydrogen) atoms. The summed E-state index contributed by atoms with van der Waals surface area (Å²) >= 11 is 0. The molecule has 0 spiro atoms. The highest BCUT2D eigenvalue weighted by atomic mass is 16.4. The zero-order valence-electron chi connectivity index (χ0n) is 13.9. The molecule has 1 aliphatic heterocycles. The second-order valence-corrected chi connectivity index (χ2v) is 7.11. The SMILES string of the molecule is O=C([O-])c1ccc(N2CC[NH+](CCC3CCCCC3)CC2)cc1. The number of quaternary nitrogens is 1. The van der Waals surface area contributed by atoms with Crippen molar-refractivity contribution in [3.05, 3.63) is 29.8 Å². The van der Waals surface area contributed by atoms with Gasteiger partial charge >= 0.3 is 0 Å². The lowest BCUT2D eigenvalue weighted by Crippen LogP contribution is -3.15. The first-order chi connectivity index (χ1) is 11.2. The van der Waals surface area contributed by atoms with Crippen molar-refractivity contribution in [1.82, 2.24) is 0 Å². The van der Waals surface area contributed by atoms with Crippen LogP contribution in [0.1, 0.15) is 48.9 Å². The lowest BCUT2D eigenvalue weighted by atomic mass is 9.87. The summed E-state index contributed by atoms with van der Waals surface area (Å²) in [5.41, 5.74) is 1.38. The van der Waals surface area contributed by atoms with Crippen molar-refractivity contribution in [2.45, 2.75) is 38.5 Å². The standard InChI is InChI=1S/C19H28N2O2/c22-19(23)17-6-8-18(9-7-17)21-14-12-20(13-15-21)11-10-16-4-2-1-3-5-16/h6-9,16H,1-5,10-15H2,(H,22,23). The Hall–Kier alpha value is -1.55. The Balaban J connectivity index is 1.43. The minimum absolute atomic E-state index is 0.255. The molecular formula is C19H28N2O2. The molecule has 126 valence electrons. The molecule has 1 aromatic rings. The van der Waals surface area contributed by atoms with Crippen molar-refractivity contribution < 1.29 is 14.8 Å². The van der Waals surface area contributed by atoms with Gasteiger partial charge in [0.15, 0.2) is 0 Å². The lowest BCUT2D eigenvalue weighted by molar-refractivity contribution is -0.901. The largest absolute Gasteiger partial charge is 0.545 e. The fourth-order valence-electron chi connectivity index (χ4n) is 4.02. The summed E-state index contributed by atoms with van der Waals surface area (Å²) < 4.78 is 0. The van der Waals surface area contributed by atoms with Crippen molar-refractivity contribution in [2.24, 2.45) is 5.92 Å². The fraction of sp³-hybridized carbons (Fsp3) is 0.632. The van der Waals surface area contributed by atoms with Crippen LogP contribution in [0.15, 0.2) is 24.3 Å². The summed E-state index contributed by atoms with van der Waals surface area (Å²) in [4.78, 5) is 14.9. The number of nitrogens with one attached hydrogen (secondary N) is 1. The molecule has 0 amide bonds. The molecule has 1 heterocycles. The Labute approximate surface area is 139 Å². The van der Waals surface area contributed by atoms with Crippen molar-refractivity contribution in [3.8, 4) is 0 Å². The van der Waals surface area contributed by atoms with Crippen molar-refractivity contribution >= 4 is 11.7 Å². The van der Waals surface area contributed by atoms with Crippen LogP contribution in [0.2, 0.25) is 0 Å². The van der Waals surface area contributed by atoms with Crippen LogP contribution < -0.4 is 14.9 Å². The maximum Gasteiger partial charge on any atom is 0.0949 e. The summed E-state index contributed by atoms with van der Waals surface area (Å²) in [5.74, 6) is -0.125. The van der Waals surface area contributed by atoms with E-state index in [4.69, 9.17) is 0 Å². The van der Waals surface area contributed by atoms with Gasteiger partial charge in [-0.3, -0.25) is 0 Å². The van der Waals surface area contributed by atoms with Crippen LogP contribution in [-0.2, 0) is 0 Å². The van der Waals surface area contributed by atoms with Crippen molar-refractivity contribution in [1.29, 1.82) is 0 Å². The molecule has 1 saturated heterocycles. The first-order valence-corrected chi connectivity index (χ1v) is 9.12. The minimum atomic E-state index is -1.10. The summed E-state index contributed by atoms with van der Waals surface area (Å²) in [6.07, 6.45) is 8.62. The fourth-order valence-corrected chi connectivity index (χ4v) is 4.02. The second-order valence-electron chi connectivity index (χ2n) is 7.11. The first kappa shape index (κ1) is 16.3. The molecule has 0 radical (unpaired) electrons. The molecule has 0 aromatic heterocycles. The van der Waals surface area contributed by atoms with Crippen LogP contribution in [0.3, 0.4) is 0 Å². The van der Waals surface area contributed by atoms with Gasteiger partial charge in [-0.2, -0.15) is 0 Å². The molecule has 4 nitrogen and oxygen atoms in total. The van der Waals surface area contributed by atoms with E-state index >= 15 is 0 Å². The van der Waals surface area contributed by atoms with E-state index in [1.807, 2.05) is 12.1 Å². The highest BCUT2D eigenvalue weighted by molar-refractivity contribution is 5.86. The molecule has 0 atom stereocenters. The van der Waals surface area contributed by atoms with E-state index in [2.05, 4.69) is 4.90 Å². The van der Waals surface area contributed by atoms with Gasteiger partial charge in [-0.1, -0.05) is 44.2 Å². The second kappa shape index (κ2) is 7.82. The molecule has 1 saturated carbocycles. The average Bonchev–Trinajstić information content (AvgIpc) is 2.61. The molecule has 0 unspecified atom stereocenters. The Morgan fingerprint density at radius 3 is 2.35 bits per heavy atom. The average molecular weight is 316 g/mol. The van der Waals surface area contributed by atoms with Crippen LogP contribution in [0.4, 0.5) is 5.69 Å². The van der Waals surface area contributed by atoms with E-state index in [-0.39, 0.29) is 5.56 Å². The number of hydrogen-bond donors (Lipinski definition) is 1. The zero-order chi connectivity index (χ0) is 16.1. The van der Waals surface area contributed by atoms with Gasteiger partial charge in [-0.25, -0.2) is 0 Å². The number of piperazine rings is 1. The van der Waals surface area contributed by atoms with E-state index in [0.29, 0.717) is 0 Å². The van der Waals surface area contributed by atoms with E-state index in [0.717, 1.165) is 24.7 Å². The van der Waals surface area contributed by atoms with Crippen LogP contribution in [-0.4, -0.2) is 38.7 Å². The number of hydrogen-bond acceptors (Lipinski definition) is 3. The van der Waals surface area contributed by atoms with Crippen molar-refractivity contribution in [2.75, 3.05) is 37.6 Å². The van der Waals surface area contributed by atoms with Gasteiger partial charge in [-0.05, 0) is 30.0 Å². The topological polar surface area (TPSA) is 47.8 Å². The molecule has 0 bridgehead atoms. The summed E-state index contributed by atoms with van der Waals surface area (Å²) in [6.45, 7) is 5.82. The van der Waals surface area contributed by atoms with E-state index < -0.39 is 5.97 Å². The summed E-state index contributed by atoms with van der Waals surface area (Å²) in [6, 6.07) is 7.09. The molecular weight excluding hydrogens is 288 g/mol. The molecule has 1 N–H and O–H groups in total. The maximum atomic E-state index is 10.8. The van der Waals surface area contributed by atoms with Gasteiger partial charge in [0.1, 0.15) is 0 Å². The first-order valence-electron chi connectivity index (χ1n) is 9.12. The van der Waals surface area contributed by atoms with Gasteiger partial charge in [0, 0.05) is 5.69 Å². The van der Waals surface area contributed by atoms with Gasteiger partial charge < -0.3 is 19.7 Å². The third-order valence-corrected chi connectivity index (χ3v) is 5.57. The Bertz CT molecular complexity index is 501. The number of nitrogens with zero attached hydrogens (tertiary/aromatic N) is 1. The molecule has 1 aromatic carbocycles. The Kier molecular flexibility index (Phi) is 5.55. The lowest BCUT2D eigenvalue weighted by Gasteiger charge is -2.34. The predicted octanol–water partition coefficient (Wildman–Crippen LogP) is 0.725. The van der Waals surface area contributed by atoms with Crippen LogP contribution >= 0.6 is 0 Å². The number of rotatable bonds is 5. The monoisotopic (exact) mass is 316 g/mol. The van der Waals surface area contributed by atoms with Crippen LogP contribution in [0.25, 0.3) is 0 Å². The number of carboxylic acids is 1. The minimum Gasteiger partial charge on any atom is -0.545 e. The number of benzene rings is 1. The molecule has 1 aliphatic carbocycles. The molecule has 2 aliphatic rings.